The minimum atomic E-state index is 0.161. The predicted molar refractivity (Wildman–Crippen MR) is 65.1 cm³/mol. The van der Waals surface area contributed by atoms with Crippen molar-refractivity contribution in [1.29, 1.82) is 0 Å². The number of aryl methyl sites for hydroxylation is 1. The van der Waals surface area contributed by atoms with E-state index in [2.05, 4.69) is 39.7 Å². The summed E-state index contributed by atoms with van der Waals surface area (Å²) >= 11 is 0. The number of nitrogen functional groups attached to an aromatic ring is 1. The van der Waals surface area contributed by atoms with E-state index in [4.69, 9.17) is 5.73 Å². The fourth-order valence-corrected chi connectivity index (χ4v) is 2.20. The second kappa shape index (κ2) is 3.85. The van der Waals surface area contributed by atoms with Gasteiger partial charge in [0, 0.05) is 13.6 Å². The molecule has 0 unspecified atom stereocenters. The van der Waals surface area contributed by atoms with Gasteiger partial charge in [0.05, 0.1) is 6.04 Å². The monoisotopic (exact) mass is 229 g/mol. The van der Waals surface area contributed by atoms with Gasteiger partial charge in [-0.25, -0.2) is 4.68 Å². The van der Waals surface area contributed by atoms with Crippen molar-refractivity contribution < 1.29 is 0 Å². The first-order valence-corrected chi connectivity index (χ1v) is 5.70. The lowest BCUT2D eigenvalue weighted by molar-refractivity contribution is 0.474. The van der Waals surface area contributed by atoms with Crippen LogP contribution in [0.15, 0.2) is 24.3 Å². The minimum absolute atomic E-state index is 0.161. The summed E-state index contributed by atoms with van der Waals surface area (Å²) in [4.78, 5) is 4.27. The lowest BCUT2D eigenvalue weighted by Crippen LogP contribution is -2.29. The van der Waals surface area contributed by atoms with Gasteiger partial charge in [-0.15, -0.1) is 0 Å². The van der Waals surface area contributed by atoms with Crippen LogP contribution in [0.5, 0.6) is 0 Å². The Hall–Kier alpha value is -1.88. The van der Waals surface area contributed by atoms with Gasteiger partial charge in [0.1, 0.15) is 0 Å². The number of hydrogen-bond donors (Lipinski definition) is 2. The molecule has 3 N–H and O–H groups in total. The number of benzene rings is 1. The highest BCUT2D eigenvalue weighted by Gasteiger charge is 2.22. The van der Waals surface area contributed by atoms with Gasteiger partial charge in [-0.05, 0) is 17.5 Å². The summed E-state index contributed by atoms with van der Waals surface area (Å²) in [6.45, 7) is 0.860. The lowest BCUT2D eigenvalue weighted by Gasteiger charge is -2.23. The largest absolute Gasteiger partial charge is 0.368 e. The van der Waals surface area contributed by atoms with Crippen molar-refractivity contribution in [3.05, 3.63) is 41.2 Å². The van der Waals surface area contributed by atoms with E-state index in [0.717, 1.165) is 18.8 Å². The van der Waals surface area contributed by atoms with E-state index in [1.807, 2.05) is 7.05 Å². The number of nitrogens with one attached hydrogen (secondary N) is 1. The Kier molecular flexibility index (Phi) is 2.33. The number of hydrogen-bond acceptors (Lipinski definition) is 4. The SMILES string of the molecule is Cn1nc([C@H]2Cc3ccccc3CN2)nc1N. The van der Waals surface area contributed by atoms with Crippen molar-refractivity contribution in [3.8, 4) is 0 Å². The Bertz CT molecular complexity index is 526. The van der Waals surface area contributed by atoms with Crippen molar-refractivity contribution in [1.82, 2.24) is 20.1 Å². The van der Waals surface area contributed by atoms with Crippen LogP contribution in [0.25, 0.3) is 0 Å². The Labute approximate surface area is 99.7 Å². The molecule has 5 heteroatoms. The molecule has 1 aromatic heterocycles. The summed E-state index contributed by atoms with van der Waals surface area (Å²) in [5.74, 6) is 1.24. The molecule has 1 aliphatic heterocycles. The molecule has 1 atom stereocenters. The van der Waals surface area contributed by atoms with Gasteiger partial charge >= 0.3 is 0 Å². The number of aromatic nitrogens is 3. The van der Waals surface area contributed by atoms with Gasteiger partial charge in [0.25, 0.3) is 0 Å². The lowest BCUT2D eigenvalue weighted by atomic mass is 9.96. The first kappa shape index (κ1) is 10.3. The standard InChI is InChI=1S/C12H15N5/c1-17-12(13)15-11(16-17)10-6-8-4-2-3-5-9(8)7-14-10/h2-5,10,14H,6-7H2,1H3,(H2,13,15,16)/t10-/m1/s1. The third-order valence-electron chi connectivity index (χ3n) is 3.21. The highest BCUT2D eigenvalue weighted by atomic mass is 15.4. The molecule has 2 heterocycles. The van der Waals surface area contributed by atoms with Gasteiger partial charge in [-0.3, -0.25) is 0 Å². The van der Waals surface area contributed by atoms with Crippen LogP contribution in [0.4, 0.5) is 5.95 Å². The molecule has 3 rings (SSSR count). The van der Waals surface area contributed by atoms with Gasteiger partial charge in [0.15, 0.2) is 5.82 Å². The minimum Gasteiger partial charge on any atom is -0.368 e. The summed E-state index contributed by atoms with van der Waals surface area (Å²) in [7, 11) is 1.81. The van der Waals surface area contributed by atoms with E-state index in [1.165, 1.54) is 11.1 Å². The zero-order valence-electron chi connectivity index (χ0n) is 9.72. The van der Waals surface area contributed by atoms with Gasteiger partial charge in [0.2, 0.25) is 5.95 Å². The normalized spacial score (nSPS) is 19.0. The molecule has 0 amide bonds. The summed E-state index contributed by atoms with van der Waals surface area (Å²) in [6, 6.07) is 8.61. The average Bonchev–Trinajstić information content (AvgIpc) is 2.69. The van der Waals surface area contributed by atoms with E-state index in [0.29, 0.717) is 5.95 Å². The van der Waals surface area contributed by atoms with Gasteiger partial charge in [-0.1, -0.05) is 24.3 Å². The number of nitrogens with two attached hydrogens (primary N) is 1. The second-order valence-electron chi connectivity index (χ2n) is 4.36. The van der Waals surface area contributed by atoms with E-state index >= 15 is 0 Å². The number of rotatable bonds is 1. The topological polar surface area (TPSA) is 68.8 Å². The molecular weight excluding hydrogens is 214 g/mol. The first-order valence-electron chi connectivity index (χ1n) is 5.70. The fourth-order valence-electron chi connectivity index (χ4n) is 2.20. The molecule has 0 spiro atoms. The van der Waals surface area contributed by atoms with E-state index in [1.54, 1.807) is 4.68 Å². The molecule has 17 heavy (non-hydrogen) atoms. The van der Waals surface area contributed by atoms with Crippen LogP contribution in [-0.4, -0.2) is 14.8 Å². The fraction of sp³-hybridized carbons (Fsp3) is 0.333. The molecule has 1 aliphatic rings. The Balaban J connectivity index is 1.89. The number of fused-ring (bicyclic) bond motifs is 1. The van der Waals surface area contributed by atoms with Crippen LogP contribution < -0.4 is 11.1 Å². The van der Waals surface area contributed by atoms with Crippen LogP contribution in [0.3, 0.4) is 0 Å². The molecule has 2 aromatic rings. The van der Waals surface area contributed by atoms with Gasteiger partial charge < -0.3 is 11.1 Å². The van der Waals surface area contributed by atoms with Crippen molar-refractivity contribution in [2.75, 3.05) is 5.73 Å². The summed E-state index contributed by atoms with van der Waals surface area (Å²) in [5, 5.41) is 7.76. The zero-order valence-corrected chi connectivity index (χ0v) is 9.72. The van der Waals surface area contributed by atoms with Gasteiger partial charge in [-0.2, -0.15) is 10.1 Å². The number of anilines is 1. The molecule has 1 aromatic carbocycles. The first-order chi connectivity index (χ1) is 8.24. The van der Waals surface area contributed by atoms with E-state index < -0.39 is 0 Å². The molecule has 0 saturated carbocycles. The van der Waals surface area contributed by atoms with Crippen LogP contribution in [0, 0.1) is 0 Å². The van der Waals surface area contributed by atoms with Crippen molar-refractivity contribution in [3.63, 3.8) is 0 Å². The van der Waals surface area contributed by atoms with Crippen LogP contribution >= 0.6 is 0 Å². The second-order valence-corrected chi connectivity index (χ2v) is 4.36. The maximum absolute atomic E-state index is 5.70. The number of nitrogens with zero attached hydrogens (tertiary/aromatic N) is 3. The quantitative estimate of drug-likeness (QED) is 0.758. The Morgan fingerprint density at radius 3 is 2.82 bits per heavy atom. The molecule has 0 saturated heterocycles. The van der Waals surface area contributed by atoms with Crippen LogP contribution in [0.1, 0.15) is 23.0 Å². The summed E-state index contributed by atoms with van der Waals surface area (Å²) in [6.07, 6.45) is 0.916. The third-order valence-corrected chi connectivity index (χ3v) is 3.21. The molecule has 0 bridgehead atoms. The molecule has 0 radical (unpaired) electrons. The Morgan fingerprint density at radius 1 is 1.35 bits per heavy atom. The molecule has 5 nitrogen and oxygen atoms in total. The molecule has 0 fully saturated rings. The van der Waals surface area contributed by atoms with E-state index in [-0.39, 0.29) is 6.04 Å². The molecule has 0 aliphatic carbocycles. The van der Waals surface area contributed by atoms with Crippen LogP contribution in [0.2, 0.25) is 0 Å². The van der Waals surface area contributed by atoms with Crippen molar-refractivity contribution in [2.24, 2.45) is 7.05 Å². The molecule has 88 valence electrons. The Morgan fingerprint density at radius 2 is 2.12 bits per heavy atom. The van der Waals surface area contributed by atoms with E-state index in [9.17, 15) is 0 Å². The zero-order chi connectivity index (χ0) is 11.8. The van der Waals surface area contributed by atoms with Crippen LogP contribution in [-0.2, 0) is 20.0 Å². The maximum Gasteiger partial charge on any atom is 0.218 e. The highest BCUT2D eigenvalue weighted by Crippen LogP contribution is 2.24. The summed E-state index contributed by atoms with van der Waals surface area (Å²) < 4.78 is 1.61. The maximum atomic E-state index is 5.70. The molecular formula is C12H15N5. The summed E-state index contributed by atoms with van der Waals surface area (Å²) in [5.41, 5.74) is 8.42. The predicted octanol–water partition coefficient (Wildman–Crippen LogP) is 0.784. The van der Waals surface area contributed by atoms with Crippen molar-refractivity contribution in [2.45, 2.75) is 19.0 Å². The smallest absolute Gasteiger partial charge is 0.218 e. The van der Waals surface area contributed by atoms with Crippen molar-refractivity contribution >= 4 is 5.95 Å². The average molecular weight is 229 g/mol. The third kappa shape index (κ3) is 1.78. The highest BCUT2D eigenvalue weighted by molar-refractivity contribution is 5.31.